The van der Waals surface area contributed by atoms with Gasteiger partial charge in [-0.2, -0.15) is 0 Å². The number of amides is 2. The average molecular weight is 465 g/mol. The fourth-order valence-electron chi connectivity index (χ4n) is 5.07. The van der Waals surface area contributed by atoms with Crippen molar-refractivity contribution in [2.75, 3.05) is 13.6 Å². The van der Waals surface area contributed by atoms with Gasteiger partial charge < -0.3 is 20.3 Å². The number of carbonyl (C=O) groups excluding carboxylic acids is 2. The van der Waals surface area contributed by atoms with Crippen molar-refractivity contribution < 1.29 is 14.3 Å². The van der Waals surface area contributed by atoms with Gasteiger partial charge in [0.15, 0.2) is 0 Å². The number of aromatic nitrogens is 1. The Morgan fingerprint density at radius 2 is 1.79 bits per heavy atom. The molecule has 1 saturated heterocycles. The average Bonchev–Trinajstić information content (AvgIpc) is 3.38. The predicted molar refractivity (Wildman–Crippen MR) is 131 cm³/mol. The van der Waals surface area contributed by atoms with Crippen molar-refractivity contribution in [1.82, 2.24) is 20.5 Å². The number of nitrogens with one attached hydrogen (secondary N) is 2. The highest BCUT2D eigenvalue weighted by atomic mass is 16.5. The monoisotopic (exact) mass is 464 g/mol. The molecule has 7 nitrogen and oxygen atoms in total. The molecule has 2 fully saturated rings. The molecule has 0 radical (unpaired) electrons. The van der Waals surface area contributed by atoms with Crippen LogP contribution in [0, 0.1) is 5.92 Å². The summed E-state index contributed by atoms with van der Waals surface area (Å²) < 4.78 is 6.00. The predicted octanol–water partition coefficient (Wildman–Crippen LogP) is 4.21. The number of para-hydroxylation sites is 1. The molecule has 34 heavy (non-hydrogen) atoms. The van der Waals surface area contributed by atoms with Gasteiger partial charge in [0, 0.05) is 18.8 Å². The van der Waals surface area contributed by atoms with E-state index in [1.807, 2.05) is 54.3 Å². The van der Waals surface area contributed by atoms with Gasteiger partial charge in [-0.3, -0.25) is 14.6 Å². The first-order chi connectivity index (χ1) is 16.6. The Morgan fingerprint density at radius 1 is 1.03 bits per heavy atom. The first-order valence-corrected chi connectivity index (χ1v) is 12.5. The van der Waals surface area contributed by atoms with Gasteiger partial charge in [-0.05, 0) is 63.8 Å². The third-order valence-corrected chi connectivity index (χ3v) is 7.12. The van der Waals surface area contributed by atoms with Gasteiger partial charge in [-0.25, -0.2) is 0 Å². The summed E-state index contributed by atoms with van der Waals surface area (Å²) >= 11 is 0. The van der Waals surface area contributed by atoms with E-state index in [1.165, 1.54) is 6.42 Å². The van der Waals surface area contributed by atoms with E-state index in [0.717, 1.165) is 50.0 Å². The molecule has 2 heterocycles. The summed E-state index contributed by atoms with van der Waals surface area (Å²) in [6, 6.07) is 12.5. The second kappa shape index (κ2) is 11.5. The van der Waals surface area contributed by atoms with Gasteiger partial charge in [0.1, 0.15) is 17.5 Å². The lowest BCUT2D eigenvalue weighted by Gasteiger charge is -2.35. The number of rotatable bonds is 8. The molecule has 2 amide bonds. The van der Waals surface area contributed by atoms with E-state index in [4.69, 9.17) is 4.74 Å². The molecule has 1 aromatic carbocycles. The van der Waals surface area contributed by atoms with E-state index in [1.54, 1.807) is 13.2 Å². The topological polar surface area (TPSA) is 83.6 Å². The Labute approximate surface area is 202 Å². The number of nitrogens with zero attached hydrogens (tertiary/aromatic N) is 2. The van der Waals surface area contributed by atoms with Crippen LogP contribution in [0.3, 0.4) is 0 Å². The first-order valence-electron chi connectivity index (χ1n) is 12.5. The van der Waals surface area contributed by atoms with E-state index < -0.39 is 6.04 Å². The molecule has 7 heteroatoms. The molecular formula is C27H36N4O3. The first kappa shape index (κ1) is 24.2. The standard InChI is InChI=1S/C27H36N4O3/c1-19(28-2)26(32)30-25(20-10-5-3-6-11-20)27(33)31-17-9-14-24(31)23-18-22(15-16-29-23)34-21-12-7-4-8-13-21/h4,7-8,12-13,15-16,18-20,24-25,28H,3,5-6,9-11,14,17H2,1-2H3,(H,30,32)/t19-,24-,25-/m0/s1. The van der Waals surface area contributed by atoms with E-state index in [9.17, 15) is 9.59 Å². The normalized spacial score (nSPS) is 20.5. The summed E-state index contributed by atoms with van der Waals surface area (Å²) in [7, 11) is 1.76. The van der Waals surface area contributed by atoms with Crippen molar-refractivity contribution >= 4 is 11.8 Å². The molecule has 1 aliphatic carbocycles. The Kier molecular flexibility index (Phi) is 8.16. The molecule has 2 aromatic rings. The summed E-state index contributed by atoms with van der Waals surface area (Å²) in [5, 5.41) is 6.07. The van der Waals surface area contributed by atoms with Crippen LogP contribution in [0.25, 0.3) is 0 Å². The van der Waals surface area contributed by atoms with Crippen molar-refractivity contribution in [2.24, 2.45) is 5.92 Å². The highest BCUT2D eigenvalue weighted by Gasteiger charge is 2.39. The molecule has 1 aliphatic heterocycles. The summed E-state index contributed by atoms with van der Waals surface area (Å²) in [5.41, 5.74) is 0.830. The van der Waals surface area contributed by atoms with E-state index >= 15 is 0 Å². The van der Waals surface area contributed by atoms with Crippen LogP contribution in [0.15, 0.2) is 48.7 Å². The van der Waals surface area contributed by atoms with Crippen LogP contribution in [0.2, 0.25) is 0 Å². The van der Waals surface area contributed by atoms with Crippen LogP contribution in [-0.2, 0) is 9.59 Å². The Morgan fingerprint density at radius 3 is 2.53 bits per heavy atom. The molecule has 182 valence electrons. The van der Waals surface area contributed by atoms with Crippen molar-refractivity contribution in [2.45, 2.75) is 70.0 Å². The number of likely N-dealkylation sites (N-methyl/N-ethyl adjacent to an activating group) is 1. The van der Waals surface area contributed by atoms with Crippen molar-refractivity contribution in [3.8, 4) is 11.5 Å². The lowest BCUT2D eigenvalue weighted by atomic mass is 9.83. The van der Waals surface area contributed by atoms with E-state index in [0.29, 0.717) is 12.3 Å². The largest absolute Gasteiger partial charge is 0.457 e. The Hall–Kier alpha value is -2.93. The summed E-state index contributed by atoms with van der Waals surface area (Å²) in [5.74, 6) is 1.53. The summed E-state index contributed by atoms with van der Waals surface area (Å²) in [6.07, 6.45) is 8.87. The molecule has 2 aliphatic rings. The molecule has 4 rings (SSSR count). The van der Waals surface area contributed by atoms with Crippen LogP contribution in [-0.4, -0.2) is 47.4 Å². The van der Waals surface area contributed by atoms with Crippen LogP contribution >= 0.6 is 0 Å². The maximum absolute atomic E-state index is 13.9. The molecule has 3 atom stereocenters. The maximum atomic E-state index is 13.9. The quantitative estimate of drug-likeness (QED) is 0.611. The number of pyridine rings is 1. The van der Waals surface area contributed by atoms with E-state index in [2.05, 4.69) is 15.6 Å². The molecule has 0 unspecified atom stereocenters. The third-order valence-electron chi connectivity index (χ3n) is 7.12. The molecule has 1 saturated carbocycles. The number of benzene rings is 1. The smallest absolute Gasteiger partial charge is 0.246 e. The number of carbonyl (C=O) groups is 2. The zero-order valence-corrected chi connectivity index (χ0v) is 20.2. The van der Waals surface area contributed by atoms with Gasteiger partial charge in [-0.1, -0.05) is 37.5 Å². The summed E-state index contributed by atoms with van der Waals surface area (Å²) in [6.45, 7) is 2.49. The van der Waals surface area contributed by atoms with Crippen LogP contribution in [0.4, 0.5) is 0 Å². The summed E-state index contributed by atoms with van der Waals surface area (Å²) in [4.78, 5) is 33.2. The van der Waals surface area contributed by atoms with Crippen molar-refractivity contribution in [3.05, 3.63) is 54.4 Å². The third kappa shape index (κ3) is 5.76. The van der Waals surface area contributed by atoms with Crippen molar-refractivity contribution in [1.29, 1.82) is 0 Å². The lowest BCUT2D eigenvalue weighted by molar-refractivity contribution is -0.139. The molecule has 0 spiro atoms. The second-order valence-electron chi connectivity index (χ2n) is 9.42. The fraction of sp³-hybridized carbons (Fsp3) is 0.519. The number of ether oxygens (including phenoxy) is 1. The Bertz CT molecular complexity index is 961. The van der Waals surface area contributed by atoms with Gasteiger partial charge >= 0.3 is 0 Å². The molecule has 2 N–H and O–H groups in total. The minimum Gasteiger partial charge on any atom is -0.457 e. The van der Waals surface area contributed by atoms with Gasteiger partial charge in [0.2, 0.25) is 11.8 Å². The van der Waals surface area contributed by atoms with Crippen LogP contribution in [0.1, 0.15) is 63.6 Å². The number of likely N-dealkylation sites (tertiary alicyclic amines) is 1. The maximum Gasteiger partial charge on any atom is 0.246 e. The zero-order valence-electron chi connectivity index (χ0n) is 20.2. The Balaban J connectivity index is 1.53. The van der Waals surface area contributed by atoms with Gasteiger partial charge in [0.25, 0.3) is 0 Å². The van der Waals surface area contributed by atoms with Crippen molar-refractivity contribution in [3.63, 3.8) is 0 Å². The molecular weight excluding hydrogens is 428 g/mol. The van der Waals surface area contributed by atoms with Crippen LogP contribution < -0.4 is 15.4 Å². The number of hydrogen-bond acceptors (Lipinski definition) is 5. The molecule has 0 bridgehead atoms. The minimum absolute atomic E-state index is 0.0160. The fourth-order valence-corrected chi connectivity index (χ4v) is 5.07. The molecule has 1 aromatic heterocycles. The van der Waals surface area contributed by atoms with Gasteiger partial charge in [0.05, 0.1) is 17.8 Å². The minimum atomic E-state index is -0.493. The van der Waals surface area contributed by atoms with Gasteiger partial charge in [-0.15, -0.1) is 0 Å². The highest BCUT2D eigenvalue weighted by molar-refractivity contribution is 5.90. The second-order valence-corrected chi connectivity index (χ2v) is 9.42. The van der Waals surface area contributed by atoms with Crippen LogP contribution in [0.5, 0.6) is 11.5 Å². The van der Waals surface area contributed by atoms with E-state index in [-0.39, 0.29) is 29.8 Å². The zero-order chi connectivity index (χ0) is 23.9. The SMILES string of the molecule is CN[C@@H](C)C(=O)N[C@H](C(=O)N1CCC[C@H]1c1cc(Oc2ccccc2)ccn1)C1CCCCC1. The highest BCUT2D eigenvalue weighted by Crippen LogP contribution is 2.35. The number of hydrogen-bond donors (Lipinski definition) is 2. The lowest BCUT2D eigenvalue weighted by Crippen LogP contribution is -2.55.